The SMILES string of the molecule is CCC=CC(C)C(=O)OC. The normalized spacial score (nSPS) is 13.5. The first-order valence-electron chi connectivity index (χ1n) is 3.46. The molecule has 0 aromatic carbocycles. The fraction of sp³-hybridized carbons (Fsp3) is 0.625. The number of allylic oxidation sites excluding steroid dienone is 1. The molecule has 0 saturated carbocycles. The lowest BCUT2D eigenvalue weighted by Crippen LogP contribution is -2.09. The van der Waals surface area contributed by atoms with E-state index in [0.717, 1.165) is 6.42 Å². The van der Waals surface area contributed by atoms with Crippen LogP contribution in [0.2, 0.25) is 0 Å². The number of methoxy groups -OCH3 is 1. The van der Waals surface area contributed by atoms with E-state index >= 15 is 0 Å². The van der Waals surface area contributed by atoms with Crippen LogP contribution in [0.15, 0.2) is 12.2 Å². The molecule has 0 bridgehead atoms. The van der Waals surface area contributed by atoms with Crippen molar-refractivity contribution >= 4 is 5.97 Å². The molecule has 0 spiro atoms. The molecule has 0 amide bonds. The molecule has 0 aromatic heterocycles. The molecule has 0 fully saturated rings. The third-order valence-electron chi connectivity index (χ3n) is 1.23. The van der Waals surface area contributed by atoms with Gasteiger partial charge in [0.2, 0.25) is 0 Å². The maximum atomic E-state index is 10.7. The molecule has 0 aliphatic carbocycles. The lowest BCUT2D eigenvalue weighted by atomic mass is 10.1. The van der Waals surface area contributed by atoms with Crippen molar-refractivity contribution in [2.75, 3.05) is 7.11 Å². The third-order valence-corrected chi connectivity index (χ3v) is 1.23. The Kier molecular flexibility index (Phi) is 4.63. The number of hydrogen-bond acceptors (Lipinski definition) is 2. The van der Waals surface area contributed by atoms with E-state index in [2.05, 4.69) is 4.74 Å². The maximum Gasteiger partial charge on any atom is 0.312 e. The second-order valence-corrected chi connectivity index (χ2v) is 2.15. The summed E-state index contributed by atoms with van der Waals surface area (Å²) in [6, 6.07) is 0. The Hall–Kier alpha value is -0.790. The van der Waals surface area contributed by atoms with Crippen LogP contribution in [-0.4, -0.2) is 13.1 Å². The van der Waals surface area contributed by atoms with Gasteiger partial charge in [0.1, 0.15) is 0 Å². The molecule has 2 heteroatoms. The van der Waals surface area contributed by atoms with E-state index in [1.165, 1.54) is 7.11 Å². The van der Waals surface area contributed by atoms with Gasteiger partial charge >= 0.3 is 5.97 Å². The fourth-order valence-electron chi connectivity index (χ4n) is 0.605. The Morgan fingerprint density at radius 2 is 2.30 bits per heavy atom. The second-order valence-electron chi connectivity index (χ2n) is 2.15. The van der Waals surface area contributed by atoms with Crippen LogP contribution in [0.3, 0.4) is 0 Å². The molecule has 0 aliphatic rings. The van der Waals surface area contributed by atoms with Gasteiger partial charge in [-0.1, -0.05) is 19.1 Å². The highest BCUT2D eigenvalue weighted by molar-refractivity contribution is 5.73. The van der Waals surface area contributed by atoms with Crippen molar-refractivity contribution in [1.29, 1.82) is 0 Å². The van der Waals surface area contributed by atoms with Gasteiger partial charge < -0.3 is 4.74 Å². The Morgan fingerprint density at radius 1 is 1.70 bits per heavy atom. The smallest absolute Gasteiger partial charge is 0.312 e. The van der Waals surface area contributed by atoms with Crippen molar-refractivity contribution < 1.29 is 9.53 Å². The average Bonchev–Trinajstić information content (AvgIpc) is 1.98. The van der Waals surface area contributed by atoms with Crippen LogP contribution in [0.1, 0.15) is 20.3 Å². The molecule has 0 rings (SSSR count). The molecule has 58 valence electrons. The van der Waals surface area contributed by atoms with Crippen molar-refractivity contribution in [2.45, 2.75) is 20.3 Å². The fourth-order valence-corrected chi connectivity index (χ4v) is 0.605. The highest BCUT2D eigenvalue weighted by Gasteiger charge is 2.06. The third kappa shape index (κ3) is 3.28. The molecule has 10 heavy (non-hydrogen) atoms. The first kappa shape index (κ1) is 9.21. The molecule has 2 nitrogen and oxygen atoms in total. The number of hydrogen-bond donors (Lipinski definition) is 0. The van der Waals surface area contributed by atoms with Gasteiger partial charge in [-0.25, -0.2) is 0 Å². The first-order valence-corrected chi connectivity index (χ1v) is 3.46. The Morgan fingerprint density at radius 3 is 2.70 bits per heavy atom. The number of rotatable bonds is 3. The molecule has 1 atom stereocenters. The van der Waals surface area contributed by atoms with Gasteiger partial charge in [-0.2, -0.15) is 0 Å². The quantitative estimate of drug-likeness (QED) is 0.443. The molecule has 0 saturated heterocycles. The van der Waals surface area contributed by atoms with E-state index < -0.39 is 0 Å². The minimum atomic E-state index is -0.176. The van der Waals surface area contributed by atoms with E-state index in [0.29, 0.717) is 0 Å². The zero-order valence-electron chi connectivity index (χ0n) is 6.76. The van der Waals surface area contributed by atoms with Crippen molar-refractivity contribution in [3.8, 4) is 0 Å². The maximum absolute atomic E-state index is 10.7. The average molecular weight is 142 g/mol. The van der Waals surface area contributed by atoms with Gasteiger partial charge in [0.05, 0.1) is 13.0 Å². The van der Waals surface area contributed by atoms with Crippen LogP contribution >= 0.6 is 0 Å². The van der Waals surface area contributed by atoms with Crippen LogP contribution in [0, 0.1) is 5.92 Å². The summed E-state index contributed by atoms with van der Waals surface area (Å²) in [6.07, 6.45) is 4.77. The summed E-state index contributed by atoms with van der Waals surface area (Å²) in [4.78, 5) is 10.7. The molecular weight excluding hydrogens is 128 g/mol. The summed E-state index contributed by atoms with van der Waals surface area (Å²) in [7, 11) is 1.40. The van der Waals surface area contributed by atoms with Crippen LogP contribution in [0.4, 0.5) is 0 Å². The van der Waals surface area contributed by atoms with Gasteiger partial charge in [0, 0.05) is 0 Å². The van der Waals surface area contributed by atoms with E-state index in [4.69, 9.17) is 0 Å². The largest absolute Gasteiger partial charge is 0.469 e. The van der Waals surface area contributed by atoms with Crippen molar-refractivity contribution in [1.82, 2.24) is 0 Å². The minimum absolute atomic E-state index is 0.107. The number of carbonyl (C=O) groups is 1. The van der Waals surface area contributed by atoms with E-state index in [-0.39, 0.29) is 11.9 Å². The van der Waals surface area contributed by atoms with E-state index in [1.807, 2.05) is 26.0 Å². The van der Waals surface area contributed by atoms with Crippen molar-refractivity contribution in [2.24, 2.45) is 5.92 Å². The van der Waals surface area contributed by atoms with Gasteiger partial charge in [-0.05, 0) is 13.3 Å². The number of esters is 1. The summed E-state index contributed by atoms with van der Waals surface area (Å²) in [5, 5.41) is 0. The highest BCUT2D eigenvalue weighted by Crippen LogP contribution is 1.99. The predicted octanol–water partition coefficient (Wildman–Crippen LogP) is 1.76. The molecule has 0 aromatic rings. The molecule has 0 N–H and O–H groups in total. The van der Waals surface area contributed by atoms with Gasteiger partial charge in [0.15, 0.2) is 0 Å². The summed E-state index contributed by atoms with van der Waals surface area (Å²) in [5.74, 6) is -0.283. The van der Waals surface area contributed by atoms with Gasteiger partial charge in [-0.15, -0.1) is 0 Å². The summed E-state index contributed by atoms with van der Waals surface area (Å²) in [6.45, 7) is 3.85. The number of carbonyl (C=O) groups excluding carboxylic acids is 1. The first-order chi connectivity index (χ1) is 4.72. The molecule has 1 unspecified atom stereocenters. The van der Waals surface area contributed by atoms with Gasteiger partial charge in [-0.3, -0.25) is 4.79 Å². The zero-order chi connectivity index (χ0) is 7.98. The van der Waals surface area contributed by atoms with Crippen LogP contribution < -0.4 is 0 Å². The molecular formula is C8H14O2. The lowest BCUT2D eigenvalue weighted by molar-refractivity contribution is -0.143. The molecule has 0 radical (unpaired) electrons. The minimum Gasteiger partial charge on any atom is -0.469 e. The second kappa shape index (κ2) is 5.03. The molecule has 0 heterocycles. The van der Waals surface area contributed by atoms with Crippen LogP contribution in [-0.2, 0) is 9.53 Å². The van der Waals surface area contributed by atoms with Crippen molar-refractivity contribution in [3.63, 3.8) is 0 Å². The van der Waals surface area contributed by atoms with E-state index in [1.54, 1.807) is 0 Å². The van der Waals surface area contributed by atoms with Crippen LogP contribution in [0.25, 0.3) is 0 Å². The summed E-state index contributed by atoms with van der Waals surface area (Å²) in [5.41, 5.74) is 0. The van der Waals surface area contributed by atoms with Gasteiger partial charge in [0.25, 0.3) is 0 Å². The van der Waals surface area contributed by atoms with Crippen molar-refractivity contribution in [3.05, 3.63) is 12.2 Å². The standard InChI is InChI=1S/C8H14O2/c1-4-5-6-7(2)8(9)10-3/h5-7H,4H2,1-3H3. The molecule has 0 aliphatic heterocycles. The zero-order valence-corrected chi connectivity index (χ0v) is 6.76. The topological polar surface area (TPSA) is 26.3 Å². The predicted molar refractivity (Wildman–Crippen MR) is 40.6 cm³/mol. The summed E-state index contributed by atoms with van der Waals surface area (Å²) < 4.78 is 4.52. The monoisotopic (exact) mass is 142 g/mol. The summed E-state index contributed by atoms with van der Waals surface area (Å²) >= 11 is 0. The lowest BCUT2D eigenvalue weighted by Gasteiger charge is -2.01. The highest BCUT2D eigenvalue weighted by atomic mass is 16.5. The van der Waals surface area contributed by atoms with E-state index in [9.17, 15) is 4.79 Å². The Bertz CT molecular complexity index is 127. The number of ether oxygens (including phenoxy) is 1. The Balaban J connectivity index is 3.72. The Labute approximate surface area is 61.9 Å². The van der Waals surface area contributed by atoms with Crippen LogP contribution in [0.5, 0.6) is 0 Å².